The summed E-state index contributed by atoms with van der Waals surface area (Å²) in [5.41, 5.74) is 1.26. The van der Waals surface area contributed by atoms with E-state index in [9.17, 15) is 9.59 Å². The van der Waals surface area contributed by atoms with Crippen LogP contribution in [0.3, 0.4) is 0 Å². The summed E-state index contributed by atoms with van der Waals surface area (Å²) in [5.74, 6) is 1.67. The third-order valence-corrected chi connectivity index (χ3v) is 7.31. The maximum Gasteiger partial charge on any atom is 0.336 e. The van der Waals surface area contributed by atoms with Crippen LogP contribution < -0.4 is 10.4 Å². The summed E-state index contributed by atoms with van der Waals surface area (Å²) in [6.45, 7) is 9.28. The molecule has 28 heavy (non-hydrogen) atoms. The van der Waals surface area contributed by atoms with Crippen molar-refractivity contribution in [3.8, 4) is 5.75 Å². The van der Waals surface area contributed by atoms with Crippen LogP contribution in [0.1, 0.15) is 47.0 Å². The lowest BCUT2D eigenvalue weighted by molar-refractivity contribution is -0.143. The molecule has 1 heterocycles. The minimum atomic E-state index is -0.361. The number of ether oxygens (including phenoxy) is 1. The second kappa shape index (κ2) is 6.61. The molecule has 3 atom stereocenters. The normalized spacial score (nSPS) is 29.3. The van der Waals surface area contributed by atoms with E-state index in [0.29, 0.717) is 36.1 Å². The first-order valence-electron chi connectivity index (χ1n) is 10.1. The molecule has 0 unspecified atom stereocenters. The van der Waals surface area contributed by atoms with Crippen LogP contribution in [0.2, 0.25) is 0 Å². The van der Waals surface area contributed by atoms with Crippen molar-refractivity contribution in [2.45, 2.75) is 47.0 Å². The Hall–Kier alpha value is -2.36. The average molecular weight is 380 g/mol. The summed E-state index contributed by atoms with van der Waals surface area (Å²) >= 11 is 0. The van der Waals surface area contributed by atoms with Gasteiger partial charge >= 0.3 is 5.63 Å². The predicted molar refractivity (Wildman–Crippen MR) is 109 cm³/mol. The van der Waals surface area contributed by atoms with Crippen molar-refractivity contribution < 1.29 is 13.9 Å². The van der Waals surface area contributed by atoms with Gasteiger partial charge in [0.2, 0.25) is 0 Å². The lowest BCUT2D eigenvalue weighted by Gasteiger charge is -2.55. The fourth-order valence-electron chi connectivity index (χ4n) is 5.48. The van der Waals surface area contributed by atoms with E-state index in [4.69, 9.17) is 9.15 Å². The molecule has 1 fully saturated rings. The van der Waals surface area contributed by atoms with Crippen molar-refractivity contribution in [1.29, 1.82) is 0 Å². The number of Topliss-reactive ketones (excluding diaryl/α,β-unsaturated/α-hetero) is 1. The Morgan fingerprint density at radius 3 is 2.68 bits per heavy atom. The van der Waals surface area contributed by atoms with E-state index in [1.165, 1.54) is 11.6 Å². The predicted octanol–water partition coefficient (Wildman–Crippen LogP) is 5.15. The van der Waals surface area contributed by atoms with E-state index in [-0.39, 0.29) is 22.4 Å². The molecule has 4 rings (SSSR count). The van der Waals surface area contributed by atoms with Crippen molar-refractivity contribution in [2.24, 2.45) is 22.7 Å². The number of allylic oxidation sites excluding steroid dienone is 1. The third kappa shape index (κ3) is 2.99. The summed E-state index contributed by atoms with van der Waals surface area (Å²) in [6.07, 6.45) is 4.80. The van der Waals surface area contributed by atoms with Gasteiger partial charge in [0.1, 0.15) is 17.1 Å². The number of benzene rings is 1. The fourth-order valence-corrected chi connectivity index (χ4v) is 5.48. The molecule has 2 aromatic rings. The quantitative estimate of drug-likeness (QED) is 0.546. The van der Waals surface area contributed by atoms with Crippen molar-refractivity contribution in [2.75, 3.05) is 6.61 Å². The number of fused-ring (bicyclic) bond motifs is 2. The largest absolute Gasteiger partial charge is 0.493 e. The minimum Gasteiger partial charge on any atom is -0.493 e. The highest BCUT2D eigenvalue weighted by Crippen LogP contribution is 2.58. The Bertz CT molecular complexity index is 1010. The van der Waals surface area contributed by atoms with Crippen LogP contribution in [-0.4, -0.2) is 12.4 Å². The van der Waals surface area contributed by atoms with E-state index >= 15 is 0 Å². The average Bonchev–Trinajstić information content (AvgIpc) is 2.64. The Morgan fingerprint density at radius 1 is 1.14 bits per heavy atom. The van der Waals surface area contributed by atoms with Crippen LogP contribution in [0.4, 0.5) is 0 Å². The molecule has 4 nitrogen and oxygen atoms in total. The number of carbonyl (C=O) groups is 1. The van der Waals surface area contributed by atoms with Gasteiger partial charge in [0.05, 0.1) is 6.61 Å². The van der Waals surface area contributed by atoms with Crippen molar-refractivity contribution in [3.63, 3.8) is 0 Å². The van der Waals surface area contributed by atoms with E-state index in [2.05, 4.69) is 33.8 Å². The molecule has 1 aromatic heterocycles. The molecular weight excluding hydrogens is 352 g/mol. The second-order valence-corrected chi connectivity index (χ2v) is 9.20. The molecular formula is C24H28O4. The number of carbonyl (C=O) groups excluding carboxylic acids is 1. The van der Waals surface area contributed by atoms with Crippen LogP contribution in [0.25, 0.3) is 11.0 Å². The van der Waals surface area contributed by atoms with Gasteiger partial charge in [-0.25, -0.2) is 4.79 Å². The van der Waals surface area contributed by atoms with Crippen LogP contribution >= 0.6 is 0 Å². The molecule has 0 N–H and O–H groups in total. The number of ketones is 1. The van der Waals surface area contributed by atoms with Gasteiger partial charge in [0, 0.05) is 35.3 Å². The first-order chi connectivity index (χ1) is 13.2. The Morgan fingerprint density at radius 2 is 1.89 bits per heavy atom. The van der Waals surface area contributed by atoms with Crippen molar-refractivity contribution in [3.05, 3.63) is 52.4 Å². The number of rotatable bonds is 3. The zero-order valence-electron chi connectivity index (χ0n) is 17.1. The summed E-state index contributed by atoms with van der Waals surface area (Å²) in [4.78, 5) is 24.0. The molecule has 0 bridgehead atoms. The molecule has 2 aliphatic carbocycles. The van der Waals surface area contributed by atoms with Crippen molar-refractivity contribution >= 4 is 16.8 Å². The van der Waals surface area contributed by atoms with Gasteiger partial charge in [0.15, 0.2) is 0 Å². The Kier molecular flexibility index (Phi) is 4.48. The molecule has 2 aliphatic rings. The number of hydrogen-bond donors (Lipinski definition) is 0. The fraction of sp³-hybridized carbons (Fsp3) is 0.500. The lowest BCUT2D eigenvalue weighted by atomic mass is 9.48. The van der Waals surface area contributed by atoms with Gasteiger partial charge in [0.25, 0.3) is 0 Å². The summed E-state index contributed by atoms with van der Waals surface area (Å²) < 4.78 is 11.5. The smallest absolute Gasteiger partial charge is 0.336 e. The highest BCUT2D eigenvalue weighted by molar-refractivity contribution is 5.85. The molecule has 0 amide bonds. The zero-order chi connectivity index (χ0) is 20.1. The monoisotopic (exact) mass is 380 g/mol. The highest BCUT2D eigenvalue weighted by atomic mass is 16.5. The molecule has 0 saturated heterocycles. The van der Waals surface area contributed by atoms with E-state index in [1.54, 1.807) is 12.1 Å². The maximum absolute atomic E-state index is 12.5. The van der Waals surface area contributed by atoms with Gasteiger partial charge in [-0.2, -0.15) is 0 Å². The van der Waals surface area contributed by atoms with Gasteiger partial charge in [-0.05, 0) is 49.3 Å². The minimum absolute atomic E-state index is 0.0413. The first-order valence-corrected chi connectivity index (χ1v) is 10.1. The second-order valence-electron chi connectivity index (χ2n) is 9.20. The molecule has 4 heteroatoms. The van der Waals surface area contributed by atoms with E-state index in [0.717, 1.165) is 18.2 Å². The van der Waals surface area contributed by atoms with Crippen LogP contribution in [0, 0.1) is 22.7 Å². The molecule has 0 aliphatic heterocycles. The van der Waals surface area contributed by atoms with Crippen LogP contribution in [0.5, 0.6) is 5.75 Å². The molecule has 0 radical (unpaired) electrons. The lowest BCUT2D eigenvalue weighted by Crippen LogP contribution is -2.53. The zero-order valence-corrected chi connectivity index (χ0v) is 17.1. The topological polar surface area (TPSA) is 56.5 Å². The SMILES string of the molecule is CC1=CC[C@H]2C(C)(C)C(=O)CC[C@]2(C)[C@H]1COc1ccc2ccc(=O)oc2c1. The van der Waals surface area contributed by atoms with Crippen LogP contribution in [-0.2, 0) is 4.79 Å². The van der Waals surface area contributed by atoms with Gasteiger partial charge in [-0.15, -0.1) is 0 Å². The van der Waals surface area contributed by atoms with E-state index in [1.807, 2.05) is 12.1 Å². The van der Waals surface area contributed by atoms with Crippen molar-refractivity contribution in [1.82, 2.24) is 0 Å². The molecule has 1 saturated carbocycles. The summed E-state index contributed by atoms with van der Waals surface area (Å²) in [5, 5.41) is 0.875. The summed E-state index contributed by atoms with van der Waals surface area (Å²) in [6, 6.07) is 8.78. The Labute approximate surface area is 165 Å². The van der Waals surface area contributed by atoms with Gasteiger partial charge in [-0.1, -0.05) is 32.4 Å². The Balaban J connectivity index is 1.60. The molecule has 148 valence electrons. The van der Waals surface area contributed by atoms with Gasteiger partial charge in [-0.3, -0.25) is 4.79 Å². The van der Waals surface area contributed by atoms with Gasteiger partial charge < -0.3 is 9.15 Å². The third-order valence-electron chi connectivity index (χ3n) is 7.31. The highest BCUT2D eigenvalue weighted by Gasteiger charge is 2.55. The maximum atomic E-state index is 12.5. The molecule has 0 spiro atoms. The first kappa shape index (κ1) is 19.0. The molecule has 1 aromatic carbocycles. The van der Waals surface area contributed by atoms with Crippen LogP contribution in [0.15, 0.2) is 51.2 Å². The van der Waals surface area contributed by atoms with E-state index < -0.39 is 0 Å². The standard InChI is InChI=1S/C24H28O4/c1-15-5-9-20-23(2,3)21(25)11-12-24(20,4)18(15)14-27-17-8-6-16-7-10-22(26)28-19(16)13-17/h5-8,10,13,18,20H,9,11-12,14H2,1-4H3/t18-,20-,24+/m0/s1. The summed E-state index contributed by atoms with van der Waals surface area (Å²) in [7, 11) is 0. The number of hydrogen-bond acceptors (Lipinski definition) is 4.